The SMILES string of the molecule is CC1COCC(C)N1CC(=O)NN.Cc1cc(C)cc(-c2ncn(/C=C\C(=O)NNC(=O)CN3C(C)COCC3C)n2)c1.Cc1cc(C)cc(-c2ncn(/C=C\C(=O)O)n2)c1. The number of rotatable bonds is 10. The third kappa shape index (κ3) is 15.5. The second-order valence-corrected chi connectivity index (χ2v) is 15.2. The lowest BCUT2D eigenvalue weighted by atomic mass is 10.1. The van der Waals surface area contributed by atoms with Gasteiger partial charge in [0.25, 0.3) is 11.8 Å². The molecule has 2 aliphatic heterocycles. The Balaban J connectivity index is 0.000000223. The van der Waals surface area contributed by atoms with Crippen molar-refractivity contribution in [2.75, 3.05) is 39.5 Å². The smallest absolute Gasteiger partial charge is 0.329 e. The maximum absolute atomic E-state index is 12.1. The molecule has 0 aliphatic carbocycles. The van der Waals surface area contributed by atoms with Crippen LogP contribution in [0.5, 0.6) is 0 Å². The Bertz CT molecular complexity index is 2110. The van der Waals surface area contributed by atoms with Crippen molar-refractivity contribution in [3.8, 4) is 22.8 Å². The van der Waals surface area contributed by atoms with Crippen LogP contribution in [0.25, 0.3) is 35.2 Å². The Morgan fingerprint density at radius 1 is 0.656 bits per heavy atom. The number of hydrogen-bond donors (Lipinski definition) is 5. The van der Waals surface area contributed by atoms with Crippen LogP contribution in [0.4, 0.5) is 0 Å². The lowest BCUT2D eigenvalue weighted by Crippen LogP contribution is -2.54. The van der Waals surface area contributed by atoms with E-state index in [1.807, 2.05) is 84.6 Å². The van der Waals surface area contributed by atoms with E-state index in [4.69, 9.17) is 20.4 Å². The van der Waals surface area contributed by atoms with Gasteiger partial charge < -0.3 is 14.6 Å². The van der Waals surface area contributed by atoms with Crippen molar-refractivity contribution in [2.45, 2.75) is 79.6 Å². The Hall–Kier alpha value is -6.12. The predicted octanol–water partition coefficient (Wildman–Crippen LogP) is 2.49. The van der Waals surface area contributed by atoms with E-state index in [9.17, 15) is 19.2 Å². The molecule has 19 nitrogen and oxygen atoms in total. The van der Waals surface area contributed by atoms with E-state index in [0.717, 1.165) is 39.5 Å². The van der Waals surface area contributed by atoms with Gasteiger partial charge in [-0.25, -0.2) is 30.0 Å². The van der Waals surface area contributed by atoms with Crippen LogP contribution in [0.2, 0.25) is 0 Å². The zero-order chi connectivity index (χ0) is 44.6. The number of aromatic nitrogens is 6. The zero-order valence-electron chi connectivity index (χ0n) is 36.0. The molecule has 0 radical (unpaired) electrons. The molecule has 0 bridgehead atoms. The second kappa shape index (κ2) is 23.0. The number of hydrazine groups is 2. The van der Waals surface area contributed by atoms with Gasteiger partial charge in [0.15, 0.2) is 11.6 Å². The number of amides is 3. The third-order valence-corrected chi connectivity index (χ3v) is 9.56. The highest BCUT2D eigenvalue weighted by atomic mass is 16.5. The minimum atomic E-state index is -1.02. The minimum Gasteiger partial charge on any atom is -0.478 e. The summed E-state index contributed by atoms with van der Waals surface area (Å²) in [5.74, 6) is 4.27. The van der Waals surface area contributed by atoms with Gasteiger partial charge in [0.2, 0.25) is 5.91 Å². The van der Waals surface area contributed by atoms with Crippen molar-refractivity contribution < 1.29 is 33.8 Å². The molecule has 3 amide bonds. The van der Waals surface area contributed by atoms with Crippen molar-refractivity contribution >= 4 is 36.1 Å². The highest BCUT2D eigenvalue weighted by Gasteiger charge is 2.28. The van der Waals surface area contributed by atoms with Crippen molar-refractivity contribution in [3.63, 3.8) is 0 Å². The molecule has 0 saturated carbocycles. The number of aryl methyl sites for hydroxylation is 4. The normalized spacial score (nSPS) is 19.4. The average Bonchev–Trinajstić information content (AvgIpc) is 3.89. The van der Waals surface area contributed by atoms with E-state index in [-0.39, 0.29) is 42.5 Å². The predicted molar refractivity (Wildman–Crippen MR) is 230 cm³/mol. The molecule has 2 aromatic carbocycles. The summed E-state index contributed by atoms with van der Waals surface area (Å²) < 4.78 is 13.6. The number of nitrogens with zero attached hydrogens (tertiary/aromatic N) is 8. The fraction of sp³-hybridized carbons (Fsp3) is 0.429. The first kappa shape index (κ1) is 47.6. The number of carbonyl (C=O) groups excluding carboxylic acids is 3. The molecule has 61 heavy (non-hydrogen) atoms. The number of ether oxygens (including phenoxy) is 2. The fourth-order valence-electron chi connectivity index (χ4n) is 6.73. The molecule has 0 spiro atoms. The molecular weight excluding hydrogens is 785 g/mol. The van der Waals surface area contributed by atoms with Gasteiger partial charge in [-0.05, 0) is 79.7 Å². The molecule has 6 rings (SSSR count). The van der Waals surface area contributed by atoms with Gasteiger partial charge in [-0.3, -0.25) is 40.5 Å². The lowest BCUT2D eigenvalue weighted by molar-refractivity contribution is -0.131. The molecule has 4 atom stereocenters. The zero-order valence-corrected chi connectivity index (χ0v) is 36.0. The first-order valence-corrected chi connectivity index (χ1v) is 19.8. The van der Waals surface area contributed by atoms with Crippen LogP contribution in [0, 0.1) is 27.7 Å². The first-order chi connectivity index (χ1) is 29.0. The summed E-state index contributed by atoms with van der Waals surface area (Å²) >= 11 is 0. The number of carboxylic acid groups (broad SMARTS) is 1. The van der Waals surface area contributed by atoms with Gasteiger partial charge in [-0.15, -0.1) is 10.2 Å². The van der Waals surface area contributed by atoms with Crippen molar-refractivity contribution in [3.05, 3.63) is 83.5 Å². The topological polar surface area (TPSA) is 237 Å². The molecular formula is C42H58N12O7. The monoisotopic (exact) mass is 842 g/mol. The standard InChI is InChI=1S/C21H28N6O3.C13H13N3O2.C8H17N3O2/c1-14-7-15(2)9-18(8-14)21-22-13-26(25-21)6-5-19(28)23-24-20(29)10-27-16(3)11-30-12-17(27)4;1-9-5-10(2)7-11(6-9)13-14-8-16(15-13)4-3-12(17)18;1-6-4-13-5-7(2)11(6)3-8(12)10-9/h5-9,13,16-17H,10-12H2,1-4H3,(H,23,28)(H,24,29);3-8H,1-2H3,(H,17,18);6-7H,3-5,9H2,1-2H3,(H,10,12)/b6-5-;4-3-;. The molecule has 4 heterocycles. The van der Waals surface area contributed by atoms with Crippen molar-refractivity contribution in [1.82, 2.24) is 55.6 Å². The molecule has 4 unspecified atom stereocenters. The number of hydrogen-bond acceptors (Lipinski definition) is 13. The van der Waals surface area contributed by atoms with Gasteiger partial charge >= 0.3 is 5.97 Å². The van der Waals surface area contributed by atoms with E-state index in [2.05, 4.69) is 53.5 Å². The number of morpholine rings is 2. The Morgan fingerprint density at radius 2 is 1.05 bits per heavy atom. The molecule has 2 aliphatic rings. The summed E-state index contributed by atoms with van der Waals surface area (Å²) in [4.78, 5) is 58.2. The fourth-order valence-corrected chi connectivity index (χ4v) is 6.73. The number of aliphatic carboxylic acids is 1. The van der Waals surface area contributed by atoms with E-state index >= 15 is 0 Å². The highest BCUT2D eigenvalue weighted by molar-refractivity contribution is 5.92. The van der Waals surface area contributed by atoms with Crippen LogP contribution >= 0.6 is 0 Å². The first-order valence-electron chi connectivity index (χ1n) is 19.8. The van der Waals surface area contributed by atoms with Crippen LogP contribution < -0.4 is 22.1 Å². The number of carbonyl (C=O) groups is 4. The summed E-state index contributed by atoms with van der Waals surface area (Å²) in [6.45, 7) is 19.3. The Morgan fingerprint density at radius 3 is 1.44 bits per heavy atom. The van der Waals surface area contributed by atoms with E-state index in [1.165, 1.54) is 40.5 Å². The Labute approximate surface area is 355 Å². The quantitative estimate of drug-likeness (QED) is 0.0668. The minimum absolute atomic E-state index is 0.147. The van der Waals surface area contributed by atoms with E-state index in [0.29, 0.717) is 44.6 Å². The maximum atomic E-state index is 12.1. The molecule has 2 aromatic heterocycles. The molecule has 2 fully saturated rings. The summed E-state index contributed by atoms with van der Waals surface area (Å²) in [7, 11) is 0. The average molecular weight is 843 g/mol. The molecule has 19 heteroatoms. The maximum Gasteiger partial charge on any atom is 0.329 e. The van der Waals surface area contributed by atoms with Gasteiger partial charge in [0.05, 0.1) is 39.5 Å². The largest absolute Gasteiger partial charge is 0.478 e. The number of nitrogens with two attached hydrogens (primary N) is 1. The summed E-state index contributed by atoms with van der Waals surface area (Å²) in [6, 6.07) is 13.0. The van der Waals surface area contributed by atoms with Crippen molar-refractivity contribution in [1.29, 1.82) is 0 Å². The summed E-state index contributed by atoms with van der Waals surface area (Å²) in [5, 5.41) is 17.1. The lowest BCUT2D eigenvalue weighted by Gasteiger charge is -2.38. The van der Waals surface area contributed by atoms with Crippen LogP contribution in [0.15, 0.2) is 61.2 Å². The van der Waals surface area contributed by atoms with Crippen LogP contribution in [0.3, 0.4) is 0 Å². The number of benzene rings is 2. The number of carboxylic acids is 1. The van der Waals surface area contributed by atoms with Gasteiger partial charge in [-0.1, -0.05) is 34.4 Å². The van der Waals surface area contributed by atoms with Crippen LogP contribution in [0.1, 0.15) is 49.9 Å². The third-order valence-electron chi connectivity index (χ3n) is 9.56. The van der Waals surface area contributed by atoms with Crippen LogP contribution in [-0.2, 0) is 28.7 Å². The summed E-state index contributed by atoms with van der Waals surface area (Å²) in [6.07, 6.45) is 8.12. The van der Waals surface area contributed by atoms with Gasteiger partial charge in [0, 0.05) is 59.8 Å². The Kier molecular flexibility index (Phi) is 18.0. The van der Waals surface area contributed by atoms with E-state index in [1.54, 1.807) is 0 Å². The summed E-state index contributed by atoms with van der Waals surface area (Å²) in [5.41, 5.74) is 13.3. The molecule has 328 valence electrons. The van der Waals surface area contributed by atoms with Gasteiger partial charge in [0.1, 0.15) is 12.7 Å². The van der Waals surface area contributed by atoms with Gasteiger partial charge in [-0.2, -0.15) is 0 Å². The number of nitrogens with one attached hydrogen (secondary N) is 3. The second-order valence-electron chi connectivity index (χ2n) is 15.2. The van der Waals surface area contributed by atoms with E-state index < -0.39 is 11.9 Å². The molecule has 4 aromatic rings. The molecule has 6 N–H and O–H groups in total. The molecule has 2 saturated heterocycles. The van der Waals surface area contributed by atoms with Crippen molar-refractivity contribution in [2.24, 2.45) is 5.84 Å². The highest BCUT2D eigenvalue weighted by Crippen LogP contribution is 2.20. The van der Waals surface area contributed by atoms with Crippen LogP contribution in [-0.4, -0.2) is 132 Å².